The van der Waals surface area contributed by atoms with E-state index in [9.17, 15) is 4.79 Å². The van der Waals surface area contributed by atoms with Gasteiger partial charge in [-0.05, 0) is 92.1 Å². The van der Waals surface area contributed by atoms with Crippen molar-refractivity contribution in [2.24, 2.45) is 5.92 Å². The molecular weight excluding hydrogens is 406 g/mol. The standard InChI is InChI=1S/C26H26ClN3O/c1-17-14-20-15-22(28-25(31)13-6-18-2-7-21(27)8-3-18)9-12-24(20)29-26(17)30-16-19-4-10-23(30)11-5-19/h2-3,6-9,12-15,19,23H,4-5,10-11,16H2,1H3,(H,28,31)/b13-6+. The van der Waals surface area contributed by atoms with Gasteiger partial charge in [0.05, 0.1) is 5.52 Å². The Labute approximate surface area is 187 Å². The molecule has 1 saturated carbocycles. The van der Waals surface area contributed by atoms with Gasteiger partial charge >= 0.3 is 0 Å². The second kappa shape index (κ2) is 8.35. The van der Waals surface area contributed by atoms with Crippen molar-refractivity contribution in [3.05, 3.63) is 70.8 Å². The Morgan fingerprint density at radius 1 is 1.10 bits per heavy atom. The van der Waals surface area contributed by atoms with Gasteiger partial charge < -0.3 is 10.2 Å². The van der Waals surface area contributed by atoms with E-state index in [0.29, 0.717) is 11.1 Å². The molecule has 2 aliphatic heterocycles. The number of aryl methyl sites for hydroxylation is 1. The lowest BCUT2D eigenvalue weighted by Crippen LogP contribution is -2.48. The zero-order chi connectivity index (χ0) is 21.4. The van der Waals surface area contributed by atoms with Crippen molar-refractivity contribution in [3.8, 4) is 0 Å². The number of pyridine rings is 1. The van der Waals surface area contributed by atoms with Crippen LogP contribution in [0.15, 0.2) is 54.6 Å². The number of halogens is 1. The second-order valence-corrected chi connectivity index (χ2v) is 9.17. The first-order valence-corrected chi connectivity index (χ1v) is 11.4. The average Bonchev–Trinajstić information content (AvgIpc) is 2.79. The minimum atomic E-state index is -0.167. The Hall–Kier alpha value is -2.85. The van der Waals surface area contributed by atoms with Crippen molar-refractivity contribution in [2.75, 3.05) is 16.8 Å². The number of fused-ring (bicyclic) bond motifs is 4. The minimum absolute atomic E-state index is 0.167. The highest BCUT2D eigenvalue weighted by Crippen LogP contribution is 2.38. The second-order valence-electron chi connectivity index (χ2n) is 8.74. The number of aromatic nitrogens is 1. The van der Waals surface area contributed by atoms with Gasteiger partial charge in [-0.2, -0.15) is 0 Å². The van der Waals surface area contributed by atoms with Crippen LogP contribution in [0.1, 0.15) is 36.8 Å². The van der Waals surface area contributed by atoms with Gasteiger partial charge in [0.1, 0.15) is 5.82 Å². The van der Waals surface area contributed by atoms with Crippen LogP contribution in [0.5, 0.6) is 0 Å². The van der Waals surface area contributed by atoms with Crippen LogP contribution in [0.4, 0.5) is 11.5 Å². The molecule has 158 valence electrons. The fourth-order valence-electron chi connectivity index (χ4n) is 4.90. The maximum absolute atomic E-state index is 12.3. The van der Waals surface area contributed by atoms with Crippen LogP contribution in [0.25, 0.3) is 17.0 Å². The third kappa shape index (κ3) is 4.31. The number of anilines is 2. The normalized spacial score (nSPS) is 20.5. The molecule has 3 aromatic rings. The molecule has 1 aromatic heterocycles. The molecule has 0 radical (unpaired) electrons. The number of benzene rings is 2. The fourth-order valence-corrected chi connectivity index (χ4v) is 5.02. The molecule has 3 fully saturated rings. The number of nitrogens with zero attached hydrogens (tertiary/aromatic N) is 2. The molecule has 0 atom stereocenters. The first-order valence-electron chi connectivity index (χ1n) is 11.0. The topological polar surface area (TPSA) is 45.2 Å². The van der Waals surface area contributed by atoms with Gasteiger partial charge in [-0.3, -0.25) is 4.79 Å². The summed E-state index contributed by atoms with van der Waals surface area (Å²) in [6, 6.07) is 16.1. The van der Waals surface area contributed by atoms with E-state index < -0.39 is 0 Å². The lowest BCUT2D eigenvalue weighted by atomic mass is 9.80. The Bertz CT molecular complexity index is 1150. The molecule has 2 bridgehead atoms. The first kappa shape index (κ1) is 20.1. The maximum Gasteiger partial charge on any atom is 0.248 e. The van der Waals surface area contributed by atoms with E-state index in [1.807, 2.05) is 30.3 Å². The molecule has 3 aliphatic rings. The molecule has 31 heavy (non-hydrogen) atoms. The van der Waals surface area contributed by atoms with E-state index in [1.54, 1.807) is 18.2 Å². The Morgan fingerprint density at radius 2 is 1.87 bits per heavy atom. The first-order chi connectivity index (χ1) is 15.0. The van der Waals surface area contributed by atoms with Crippen LogP contribution in [0.2, 0.25) is 5.02 Å². The van der Waals surface area contributed by atoms with Crippen molar-refractivity contribution in [2.45, 2.75) is 38.6 Å². The maximum atomic E-state index is 12.3. The lowest BCUT2D eigenvalue weighted by molar-refractivity contribution is -0.111. The van der Waals surface area contributed by atoms with Crippen molar-refractivity contribution >= 4 is 46.0 Å². The summed E-state index contributed by atoms with van der Waals surface area (Å²) >= 11 is 5.90. The van der Waals surface area contributed by atoms with E-state index in [1.165, 1.54) is 37.3 Å². The zero-order valence-electron chi connectivity index (χ0n) is 17.6. The predicted molar refractivity (Wildman–Crippen MR) is 129 cm³/mol. The Kier molecular flexibility index (Phi) is 5.41. The van der Waals surface area contributed by atoms with Crippen LogP contribution in [0, 0.1) is 12.8 Å². The van der Waals surface area contributed by atoms with Gasteiger partial charge in [-0.1, -0.05) is 23.7 Å². The van der Waals surface area contributed by atoms with Gasteiger partial charge in [-0.15, -0.1) is 0 Å². The molecule has 5 heteroatoms. The summed E-state index contributed by atoms with van der Waals surface area (Å²) in [6.45, 7) is 3.28. The summed E-state index contributed by atoms with van der Waals surface area (Å²) < 4.78 is 0. The summed E-state index contributed by atoms with van der Waals surface area (Å²) in [4.78, 5) is 19.9. The zero-order valence-corrected chi connectivity index (χ0v) is 18.4. The highest BCUT2D eigenvalue weighted by molar-refractivity contribution is 6.30. The van der Waals surface area contributed by atoms with E-state index in [0.717, 1.165) is 40.4 Å². The highest BCUT2D eigenvalue weighted by Gasteiger charge is 2.34. The van der Waals surface area contributed by atoms with E-state index >= 15 is 0 Å². The summed E-state index contributed by atoms with van der Waals surface area (Å²) in [7, 11) is 0. The molecule has 2 saturated heterocycles. The van der Waals surface area contributed by atoms with Crippen LogP contribution < -0.4 is 10.2 Å². The molecule has 3 heterocycles. The fraction of sp³-hybridized carbons (Fsp3) is 0.308. The third-order valence-corrected chi connectivity index (χ3v) is 6.78. The minimum Gasteiger partial charge on any atom is -0.353 e. The van der Waals surface area contributed by atoms with Crippen molar-refractivity contribution < 1.29 is 4.79 Å². The average molecular weight is 432 g/mol. The van der Waals surface area contributed by atoms with E-state index in [4.69, 9.17) is 16.6 Å². The number of carbonyl (C=O) groups excluding carboxylic acids is 1. The molecule has 0 spiro atoms. The van der Waals surface area contributed by atoms with Gasteiger partial charge in [0.25, 0.3) is 0 Å². The number of nitrogens with one attached hydrogen (secondary N) is 1. The van der Waals surface area contributed by atoms with Crippen molar-refractivity contribution in [3.63, 3.8) is 0 Å². The predicted octanol–water partition coefficient (Wildman–Crippen LogP) is 6.23. The Balaban J connectivity index is 1.33. The van der Waals surface area contributed by atoms with Crippen molar-refractivity contribution in [1.82, 2.24) is 4.98 Å². The van der Waals surface area contributed by atoms with Crippen LogP contribution in [-0.4, -0.2) is 23.5 Å². The molecule has 1 N–H and O–H groups in total. The Morgan fingerprint density at radius 3 is 2.58 bits per heavy atom. The number of hydrogen-bond acceptors (Lipinski definition) is 3. The van der Waals surface area contributed by atoms with Crippen LogP contribution >= 0.6 is 11.6 Å². The van der Waals surface area contributed by atoms with Crippen LogP contribution in [0.3, 0.4) is 0 Å². The highest BCUT2D eigenvalue weighted by atomic mass is 35.5. The molecule has 1 aliphatic carbocycles. The quantitative estimate of drug-likeness (QED) is 0.498. The molecule has 6 rings (SSSR count). The summed E-state index contributed by atoms with van der Waals surface area (Å²) in [5.74, 6) is 1.78. The largest absolute Gasteiger partial charge is 0.353 e. The number of rotatable bonds is 4. The number of hydrogen-bond donors (Lipinski definition) is 1. The monoisotopic (exact) mass is 431 g/mol. The number of carbonyl (C=O) groups is 1. The van der Waals surface area contributed by atoms with Crippen molar-refractivity contribution in [1.29, 1.82) is 0 Å². The third-order valence-electron chi connectivity index (χ3n) is 6.53. The van der Waals surface area contributed by atoms with E-state index in [-0.39, 0.29) is 5.91 Å². The SMILES string of the molecule is Cc1cc2cc(NC(=O)/C=C/c3ccc(Cl)cc3)ccc2nc1N1CC2CCC1CC2. The molecular formula is C26H26ClN3O. The van der Waals surface area contributed by atoms with Crippen LogP contribution in [-0.2, 0) is 4.79 Å². The number of amides is 1. The van der Waals surface area contributed by atoms with Gasteiger partial charge in [0, 0.05) is 34.8 Å². The van der Waals surface area contributed by atoms with E-state index in [2.05, 4.69) is 23.2 Å². The lowest BCUT2D eigenvalue weighted by Gasteiger charge is -2.46. The number of piperidine rings is 2. The molecule has 2 aromatic carbocycles. The summed E-state index contributed by atoms with van der Waals surface area (Å²) in [5.41, 5.74) is 3.86. The summed E-state index contributed by atoms with van der Waals surface area (Å²) in [6.07, 6.45) is 8.62. The summed E-state index contributed by atoms with van der Waals surface area (Å²) in [5, 5.41) is 4.67. The smallest absolute Gasteiger partial charge is 0.248 e. The molecule has 1 amide bonds. The van der Waals surface area contributed by atoms with Gasteiger partial charge in [0.2, 0.25) is 5.91 Å². The van der Waals surface area contributed by atoms with Gasteiger partial charge in [0.15, 0.2) is 0 Å². The molecule has 0 unspecified atom stereocenters. The molecule has 4 nitrogen and oxygen atoms in total. The van der Waals surface area contributed by atoms with Gasteiger partial charge in [-0.25, -0.2) is 4.98 Å².